The zero-order chi connectivity index (χ0) is 13.7. The highest BCUT2D eigenvalue weighted by atomic mass is 16.5. The molecule has 0 fully saturated rings. The van der Waals surface area contributed by atoms with Crippen LogP contribution in [0.4, 0.5) is 0 Å². The van der Waals surface area contributed by atoms with Crippen LogP contribution in [0.1, 0.15) is 31.3 Å². The van der Waals surface area contributed by atoms with E-state index < -0.39 is 0 Å². The summed E-state index contributed by atoms with van der Waals surface area (Å²) in [5.74, 6) is 1.67. The molecule has 0 saturated carbocycles. The third kappa shape index (κ3) is 3.08. The molecule has 2 aromatic rings. The molecule has 0 radical (unpaired) electrons. The van der Waals surface area contributed by atoms with Gasteiger partial charge in [-0.3, -0.25) is 0 Å². The van der Waals surface area contributed by atoms with Crippen LogP contribution in [-0.2, 0) is 6.54 Å². The predicted molar refractivity (Wildman–Crippen MR) is 72.0 cm³/mol. The van der Waals surface area contributed by atoms with Gasteiger partial charge in [-0.1, -0.05) is 25.1 Å². The number of nitrogens with one attached hydrogen (secondary N) is 1. The second-order valence-electron chi connectivity index (χ2n) is 4.29. The number of benzene rings is 1. The van der Waals surface area contributed by atoms with Gasteiger partial charge in [0.05, 0.1) is 19.7 Å². The molecule has 1 atom stereocenters. The molecule has 0 saturated heterocycles. The fourth-order valence-corrected chi connectivity index (χ4v) is 2.03. The molecule has 0 aliphatic rings. The van der Waals surface area contributed by atoms with E-state index in [-0.39, 0.29) is 6.04 Å². The zero-order valence-electron chi connectivity index (χ0n) is 11.5. The first-order valence-electron chi connectivity index (χ1n) is 6.37. The molecule has 2 rings (SSSR count). The maximum atomic E-state index is 5.34. The summed E-state index contributed by atoms with van der Waals surface area (Å²) < 4.78 is 7.14. The average Bonchev–Trinajstić information content (AvgIpc) is 2.88. The molecule has 0 amide bonds. The lowest BCUT2D eigenvalue weighted by atomic mass is 10.2. The molecule has 1 N–H and O–H groups in total. The van der Waals surface area contributed by atoms with Crippen LogP contribution in [-0.4, -0.2) is 33.9 Å². The van der Waals surface area contributed by atoms with E-state index in [0.29, 0.717) is 6.54 Å². The smallest absolute Gasteiger partial charge is 0.168 e. The highest BCUT2D eigenvalue weighted by molar-refractivity contribution is 5.33. The van der Waals surface area contributed by atoms with Crippen molar-refractivity contribution in [1.82, 2.24) is 25.5 Å². The van der Waals surface area contributed by atoms with Gasteiger partial charge in [0.2, 0.25) is 0 Å². The van der Waals surface area contributed by atoms with Crippen molar-refractivity contribution >= 4 is 0 Å². The van der Waals surface area contributed by atoms with Gasteiger partial charge in [-0.15, -0.1) is 5.10 Å². The normalized spacial score (nSPS) is 12.4. The van der Waals surface area contributed by atoms with Crippen LogP contribution in [0.5, 0.6) is 5.75 Å². The van der Waals surface area contributed by atoms with Gasteiger partial charge in [0, 0.05) is 5.56 Å². The first-order valence-corrected chi connectivity index (χ1v) is 6.37. The highest BCUT2D eigenvalue weighted by Crippen LogP contribution is 2.19. The Morgan fingerprint density at radius 1 is 1.37 bits per heavy atom. The molecule has 0 bridgehead atoms. The Balaban J connectivity index is 2.22. The molecule has 0 aliphatic heterocycles. The van der Waals surface area contributed by atoms with Crippen molar-refractivity contribution in [3.8, 4) is 5.75 Å². The van der Waals surface area contributed by atoms with Gasteiger partial charge in [0.15, 0.2) is 5.82 Å². The van der Waals surface area contributed by atoms with E-state index in [4.69, 9.17) is 4.74 Å². The first-order chi connectivity index (χ1) is 9.26. The summed E-state index contributed by atoms with van der Waals surface area (Å²) in [6.45, 7) is 5.59. The Morgan fingerprint density at radius 2 is 2.16 bits per heavy atom. The molecule has 1 aromatic carbocycles. The molecule has 6 heteroatoms. The van der Waals surface area contributed by atoms with E-state index in [1.807, 2.05) is 31.2 Å². The SMILES string of the molecule is CCNC(C)c1nnnn1Cc1ccccc1OC. The van der Waals surface area contributed by atoms with Crippen LogP contribution in [0.2, 0.25) is 0 Å². The summed E-state index contributed by atoms with van der Waals surface area (Å²) in [6.07, 6.45) is 0. The standard InChI is InChI=1S/C13H19N5O/c1-4-14-10(2)13-15-16-17-18(13)9-11-7-5-6-8-12(11)19-3/h5-8,10,14H,4,9H2,1-3H3. The molecule has 6 nitrogen and oxygen atoms in total. The first kappa shape index (κ1) is 13.5. The fraction of sp³-hybridized carbons (Fsp3) is 0.462. The lowest BCUT2D eigenvalue weighted by molar-refractivity contribution is 0.405. The Hall–Kier alpha value is -1.95. The summed E-state index contributed by atoms with van der Waals surface area (Å²) in [4.78, 5) is 0. The summed E-state index contributed by atoms with van der Waals surface area (Å²) in [5, 5.41) is 15.2. The molecule has 1 heterocycles. The maximum absolute atomic E-state index is 5.34. The van der Waals surface area contributed by atoms with Crippen molar-refractivity contribution < 1.29 is 4.74 Å². The van der Waals surface area contributed by atoms with Crippen LogP contribution in [0.15, 0.2) is 24.3 Å². The van der Waals surface area contributed by atoms with Gasteiger partial charge in [0.1, 0.15) is 5.75 Å². The monoisotopic (exact) mass is 261 g/mol. The Labute approximate surface area is 112 Å². The predicted octanol–water partition coefficient (Wildman–Crippen LogP) is 1.40. The maximum Gasteiger partial charge on any atom is 0.168 e. The number of ether oxygens (including phenoxy) is 1. The van der Waals surface area contributed by atoms with E-state index in [1.54, 1.807) is 11.8 Å². The molecule has 0 spiro atoms. The highest BCUT2D eigenvalue weighted by Gasteiger charge is 2.14. The van der Waals surface area contributed by atoms with Crippen molar-refractivity contribution in [2.24, 2.45) is 0 Å². The average molecular weight is 261 g/mol. The van der Waals surface area contributed by atoms with E-state index in [9.17, 15) is 0 Å². The summed E-state index contributed by atoms with van der Waals surface area (Å²) in [7, 11) is 1.67. The van der Waals surface area contributed by atoms with Crippen LogP contribution < -0.4 is 10.1 Å². The van der Waals surface area contributed by atoms with Gasteiger partial charge in [0.25, 0.3) is 0 Å². The number of nitrogens with zero attached hydrogens (tertiary/aromatic N) is 4. The molecule has 1 unspecified atom stereocenters. The lowest BCUT2D eigenvalue weighted by Gasteiger charge is -2.13. The molecular weight excluding hydrogens is 242 g/mol. The number of hydrogen-bond donors (Lipinski definition) is 1. The second kappa shape index (κ2) is 6.29. The van der Waals surface area contributed by atoms with E-state index in [2.05, 4.69) is 27.8 Å². The summed E-state index contributed by atoms with van der Waals surface area (Å²) in [6, 6.07) is 8.00. The number of aromatic nitrogens is 4. The van der Waals surface area contributed by atoms with Gasteiger partial charge in [-0.05, 0) is 30.0 Å². The Morgan fingerprint density at radius 3 is 2.89 bits per heavy atom. The van der Waals surface area contributed by atoms with Gasteiger partial charge in [-0.2, -0.15) is 0 Å². The number of para-hydroxylation sites is 1. The minimum absolute atomic E-state index is 0.120. The summed E-state index contributed by atoms with van der Waals surface area (Å²) in [5.41, 5.74) is 1.06. The van der Waals surface area contributed by atoms with Gasteiger partial charge in [-0.25, -0.2) is 4.68 Å². The van der Waals surface area contributed by atoms with Crippen LogP contribution >= 0.6 is 0 Å². The van der Waals surface area contributed by atoms with Crippen molar-refractivity contribution in [2.75, 3.05) is 13.7 Å². The van der Waals surface area contributed by atoms with Crippen molar-refractivity contribution in [1.29, 1.82) is 0 Å². The number of methoxy groups -OCH3 is 1. The third-order valence-electron chi connectivity index (χ3n) is 2.97. The van der Waals surface area contributed by atoms with Gasteiger partial charge >= 0.3 is 0 Å². The van der Waals surface area contributed by atoms with E-state index in [0.717, 1.165) is 23.7 Å². The fourth-order valence-electron chi connectivity index (χ4n) is 2.03. The molecule has 19 heavy (non-hydrogen) atoms. The molecule has 1 aromatic heterocycles. The molecule has 102 valence electrons. The van der Waals surface area contributed by atoms with Crippen molar-refractivity contribution in [2.45, 2.75) is 26.4 Å². The van der Waals surface area contributed by atoms with E-state index >= 15 is 0 Å². The lowest BCUT2D eigenvalue weighted by Crippen LogP contribution is -2.22. The van der Waals surface area contributed by atoms with E-state index in [1.165, 1.54) is 0 Å². The zero-order valence-corrected chi connectivity index (χ0v) is 11.5. The van der Waals surface area contributed by atoms with Crippen LogP contribution in [0, 0.1) is 0 Å². The Kier molecular flexibility index (Phi) is 4.46. The number of tetrazole rings is 1. The topological polar surface area (TPSA) is 64.9 Å². The molecular formula is C13H19N5O. The second-order valence-corrected chi connectivity index (χ2v) is 4.29. The molecule has 0 aliphatic carbocycles. The Bertz CT molecular complexity index is 525. The minimum Gasteiger partial charge on any atom is -0.496 e. The van der Waals surface area contributed by atoms with Crippen LogP contribution in [0.25, 0.3) is 0 Å². The van der Waals surface area contributed by atoms with Crippen molar-refractivity contribution in [3.63, 3.8) is 0 Å². The quantitative estimate of drug-likeness (QED) is 0.851. The third-order valence-corrected chi connectivity index (χ3v) is 2.97. The largest absolute Gasteiger partial charge is 0.496 e. The number of hydrogen-bond acceptors (Lipinski definition) is 5. The van der Waals surface area contributed by atoms with Gasteiger partial charge < -0.3 is 10.1 Å². The minimum atomic E-state index is 0.120. The number of rotatable bonds is 6. The summed E-state index contributed by atoms with van der Waals surface area (Å²) >= 11 is 0. The van der Waals surface area contributed by atoms with Crippen LogP contribution in [0.3, 0.4) is 0 Å². The van der Waals surface area contributed by atoms with Crippen molar-refractivity contribution in [3.05, 3.63) is 35.7 Å².